The summed E-state index contributed by atoms with van der Waals surface area (Å²) in [6.45, 7) is 4.36. The molecule has 4 heterocycles. The molecule has 0 saturated heterocycles. The topological polar surface area (TPSA) is 67.6 Å². The number of para-hydroxylation sites is 1. The van der Waals surface area contributed by atoms with E-state index in [-0.39, 0.29) is 5.91 Å². The van der Waals surface area contributed by atoms with E-state index in [4.69, 9.17) is 14.1 Å². The second-order valence-corrected chi connectivity index (χ2v) is 9.23. The summed E-state index contributed by atoms with van der Waals surface area (Å²) in [5, 5.41) is 4.49. The van der Waals surface area contributed by atoms with Crippen LogP contribution in [0.4, 0.5) is 11.4 Å². The van der Waals surface area contributed by atoms with Gasteiger partial charge in [0.05, 0.1) is 24.3 Å². The molecule has 1 aliphatic rings. The molecule has 158 valence electrons. The highest BCUT2D eigenvalue weighted by Crippen LogP contribution is 2.47. The summed E-state index contributed by atoms with van der Waals surface area (Å²) < 4.78 is 12.1. The van der Waals surface area contributed by atoms with Gasteiger partial charge in [-0.1, -0.05) is 18.2 Å². The number of fused-ring (bicyclic) bond motifs is 3. The molecule has 1 atom stereocenters. The lowest BCUT2D eigenvalue weighted by atomic mass is 10.1. The first-order valence-corrected chi connectivity index (χ1v) is 11.4. The molecule has 0 bridgehead atoms. The summed E-state index contributed by atoms with van der Waals surface area (Å²) in [4.78, 5) is 21.8. The fourth-order valence-corrected chi connectivity index (χ4v) is 5.58. The number of rotatable bonds is 4. The van der Waals surface area contributed by atoms with Crippen LogP contribution < -0.4 is 10.2 Å². The van der Waals surface area contributed by atoms with Gasteiger partial charge in [-0.05, 0) is 53.5 Å². The second kappa shape index (κ2) is 7.78. The van der Waals surface area contributed by atoms with Crippen LogP contribution >= 0.6 is 27.3 Å². The Morgan fingerprint density at radius 3 is 2.77 bits per heavy atom. The summed E-state index contributed by atoms with van der Waals surface area (Å²) in [6, 6.07) is 11.6. The normalized spacial score (nSPS) is 15.9. The third kappa shape index (κ3) is 3.17. The van der Waals surface area contributed by atoms with Crippen LogP contribution in [-0.4, -0.2) is 18.0 Å². The molecule has 5 rings (SSSR count). The van der Waals surface area contributed by atoms with E-state index in [1.165, 1.54) is 11.3 Å². The Labute approximate surface area is 192 Å². The summed E-state index contributed by atoms with van der Waals surface area (Å²) >= 11 is 5.06. The number of carbonyl (C=O) groups excluding carboxylic acids is 1. The van der Waals surface area contributed by atoms with Crippen molar-refractivity contribution in [2.45, 2.75) is 26.6 Å². The molecule has 3 aromatic heterocycles. The number of furan rings is 1. The molecule has 6 nitrogen and oxygen atoms in total. The maximum Gasteiger partial charge on any atom is 0.272 e. The van der Waals surface area contributed by atoms with Crippen LogP contribution in [0, 0.1) is 13.8 Å². The number of thiophene rings is 1. The van der Waals surface area contributed by atoms with Crippen LogP contribution in [0.1, 0.15) is 38.4 Å². The van der Waals surface area contributed by atoms with Crippen molar-refractivity contribution in [2.24, 2.45) is 0 Å². The molecule has 1 aliphatic heterocycles. The van der Waals surface area contributed by atoms with Crippen molar-refractivity contribution in [3.63, 3.8) is 0 Å². The van der Waals surface area contributed by atoms with E-state index >= 15 is 0 Å². The third-order valence-electron chi connectivity index (χ3n) is 5.47. The number of nitrogens with zero attached hydrogens (tertiary/aromatic N) is 2. The molecule has 0 saturated carbocycles. The molecular weight excluding hydrogens is 478 g/mol. The van der Waals surface area contributed by atoms with Gasteiger partial charge >= 0.3 is 0 Å². The standard InChI is InChI=1S/C23H20BrN3O3S/c1-12-7-4-5-8-15(12)27-21(16-9-6-10-30-16)26-19-17-14(11-29-3)18(24)13(2)25-22(17)31-20(19)23(27)28/h4-10,21,26H,11H2,1-3H3/t21-/m1/s1. The van der Waals surface area contributed by atoms with Crippen molar-refractivity contribution in [3.8, 4) is 0 Å². The highest BCUT2D eigenvalue weighted by Gasteiger charge is 2.39. The molecule has 0 radical (unpaired) electrons. The molecular formula is C23H20BrN3O3S. The van der Waals surface area contributed by atoms with E-state index in [9.17, 15) is 4.79 Å². The van der Waals surface area contributed by atoms with Crippen LogP contribution in [-0.2, 0) is 11.3 Å². The van der Waals surface area contributed by atoms with Gasteiger partial charge < -0.3 is 14.5 Å². The number of anilines is 2. The number of halogens is 1. The van der Waals surface area contributed by atoms with Crippen molar-refractivity contribution < 1.29 is 13.9 Å². The Bertz CT molecular complexity index is 1300. The minimum absolute atomic E-state index is 0.0791. The van der Waals surface area contributed by atoms with Crippen molar-refractivity contribution in [3.05, 3.63) is 74.6 Å². The highest BCUT2D eigenvalue weighted by atomic mass is 79.9. The number of benzene rings is 1. The number of pyridine rings is 1. The lowest BCUT2D eigenvalue weighted by Gasteiger charge is -2.36. The van der Waals surface area contributed by atoms with Crippen LogP contribution in [0.25, 0.3) is 10.2 Å². The SMILES string of the molecule is COCc1c(Br)c(C)nc2sc3c(c12)N[C@@H](c1ccco1)N(c1ccccc1C)C3=O. The Hall–Kier alpha value is -2.68. The Kier molecular flexibility index (Phi) is 5.08. The Morgan fingerprint density at radius 1 is 1.26 bits per heavy atom. The predicted molar refractivity (Wildman–Crippen MR) is 126 cm³/mol. The maximum absolute atomic E-state index is 13.9. The smallest absolute Gasteiger partial charge is 0.272 e. The van der Waals surface area contributed by atoms with Crippen LogP contribution in [0.5, 0.6) is 0 Å². The fourth-order valence-electron chi connectivity index (χ4n) is 4.03. The van der Waals surface area contributed by atoms with Crippen molar-refractivity contribution in [1.29, 1.82) is 0 Å². The number of aromatic nitrogens is 1. The third-order valence-corrected chi connectivity index (χ3v) is 7.60. The molecule has 8 heteroatoms. The number of amides is 1. The largest absolute Gasteiger partial charge is 0.465 e. The van der Waals surface area contributed by atoms with Gasteiger partial charge in [-0.25, -0.2) is 4.98 Å². The minimum atomic E-state index is -0.482. The van der Waals surface area contributed by atoms with E-state index in [0.29, 0.717) is 17.2 Å². The molecule has 0 aliphatic carbocycles. The molecule has 1 amide bonds. The van der Waals surface area contributed by atoms with E-state index in [0.717, 1.165) is 42.9 Å². The quantitative estimate of drug-likeness (QED) is 0.364. The molecule has 31 heavy (non-hydrogen) atoms. The van der Waals surface area contributed by atoms with E-state index in [2.05, 4.69) is 21.2 Å². The van der Waals surface area contributed by atoms with Crippen molar-refractivity contribution in [2.75, 3.05) is 17.3 Å². The lowest BCUT2D eigenvalue weighted by Crippen LogP contribution is -2.42. The zero-order valence-electron chi connectivity index (χ0n) is 17.2. The first kappa shape index (κ1) is 20.2. The average Bonchev–Trinajstić information content (AvgIpc) is 3.40. The molecule has 1 aromatic carbocycles. The molecule has 0 unspecified atom stereocenters. The van der Waals surface area contributed by atoms with Crippen molar-refractivity contribution >= 4 is 54.8 Å². The zero-order valence-corrected chi connectivity index (χ0v) is 19.6. The monoisotopic (exact) mass is 497 g/mol. The van der Waals surface area contributed by atoms with E-state index in [1.54, 1.807) is 18.3 Å². The van der Waals surface area contributed by atoms with E-state index in [1.807, 2.05) is 50.2 Å². The number of carbonyl (C=O) groups is 1. The summed E-state index contributed by atoms with van der Waals surface area (Å²) in [5.74, 6) is 0.582. The second-order valence-electron chi connectivity index (χ2n) is 7.43. The fraction of sp³-hybridized carbons (Fsp3) is 0.217. The van der Waals surface area contributed by atoms with Gasteiger partial charge in [0.25, 0.3) is 5.91 Å². The zero-order chi connectivity index (χ0) is 21.7. The molecule has 0 fully saturated rings. The summed E-state index contributed by atoms with van der Waals surface area (Å²) in [7, 11) is 1.66. The minimum Gasteiger partial charge on any atom is -0.465 e. The number of hydrogen-bond acceptors (Lipinski definition) is 6. The van der Waals surface area contributed by atoms with Gasteiger partial charge in [0.15, 0.2) is 6.17 Å². The number of methoxy groups -OCH3 is 1. The van der Waals surface area contributed by atoms with Gasteiger partial charge in [0.1, 0.15) is 15.5 Å². The van der Waals surface area contributed by atoms with Crippen molar-refractivity contribution in [1.82, 2.24) is 4.98 Å². The summed E-state index contributed by atoms with van der Waals surface area (Å²) in [6.07, 6.45) is 1.14. The number of aryl methyl sites for hydroxylation is 2. The average molecular weight is 498 g/mol. The number of nitrogens with one attached hydrogen (secondary N) is 1. The number of ether oxygens (including phenoxy) is 1. The Balaban J connectivity index is 1.77. The van der Waals surface area contributed by atoms with Gasteiger partial charge in [0.2, 0.25) is 0 Å². The molecule has 1 N–H and O–H groups in total. The summed E-state index contributed by atoms with van der Waals surface area (Å²) in [5.41, 5.74) is 4.47. The first-order chi connectivity index (χ1) is 15.0. The van der Waals surface area contributed by atoms with E-state index < -0.39 is 6.17 Å². The van der Waals surface area contributed by atoms with Gasteiger partial charge in [-0.2, -0.15) is 0 Å². The van der Waals surface area contributed by atoms with Gasteiger partial charge in [0, 0.05) is 28.2 Å². The van der Waals surface area contributed by atoms with Crippen LogP contribution in [0.3, 0.4) is 0 Å². The van der Waals surface area contributed by atoms with Gasteiger partial charge in [-0.3, -0.25) is 9.69 Å². The van der Waals surface area contributed by atoms with Gasteiger partial charge in [-0.15, -0.1) is 11.3 Å². The molecule has 4 aromatic rings. The lowest BCUT2D eigenvalue weighted by molar-refractivity contribution is 0.0976. The number of hydrogen-bond donors (Lipinski definition) is 1. The Morgan fingerprint density at radius 2 is 2.06 bits per heavy atom. The maximum atomic E-state index is 13.9. The van der Waals surface area contributed by atoms with Crippen LogP contribution in [0.15, 0.2) is 51.6 Å². The molecule has 0 spiro atoms. The predicted octanol–water partition coefficient (Wildman–Crippen LogP) is 6.19. The van der Waals surface area contributed by atoms with Crippen LogP contribution in [0.2, 0.25) is 0 Å². The first-order valence-electron chi connectivity index (χ1n) is 9.80. The highest BCUT2D eigenvalue weighted by molar-refractivity contribution is 9.10.